The van der Waals surface area contributed by atoms with Gasteiger partial charge < -0.3 is 4.74 Å². The average molecular weight is 365 g/mol. The van der Waals surface area contributed by atoms with Gasteiger partial charge in [0.1, 0.15) is 10.6 Å². The minimum atomic E-state index is -0.389. The highest BCUT2D eigenvalue weighted by Gasteiger charge is 2.09. The van der Waals surface area contributed by atoms with E-state index in [4.69, 9.17) is 4.74 Å². The molecule has 0 saturated carbocycles. The number of thiophene rings is 1. The zero-order valence-electron chi connectivity index (χ0n) is 13.9. The molecular formula is C19H15N3O3S. The Kier molecular flexibility index (Phi) is 5.50. The lowest BCUT2D eigenvalue weighted by atomic mass is 10.2. The van der Waals surface area contributed by atoms with E-state index in [0.29, 0.717) is 16.2 Å². The third-order valence-corrected chi connectivity index (χ3v) is 4.22. The number of rotatable bonds is 5. The van der Waals surface area contributed by atoms with Crippen LogP contribution < -0.4 is 10.2 Å². The van der Waals surface area contributed by atoms with Crippen LogP contribution in [0.2, 0.25) is 0 Å². The summed E-state index contributed by atoms with van der Waals surface area (Å²) in [5.74, 6) is -0.286. The zero-order chi connectivity index (χ0) is 18.4. The molecule has 2 aromatic heterocycles. The second kappa shape index (κ2) is 8.17. The standard InChI is InChI=1S/C19H15N3O3S/c1-13-4-7-15(12-20-13)18(23)22-21-11-14-5-8-16(9-6-14)25-19(24)17-3-2-10-26-17/h2-12H,1H3,(H,22,23). The number of carbonyl (C=O) groups is 2. The minimum Gasteiger partial charge on any atom is -0.422 e. The molecule has 0 spiro atoms. The van der Waals surface area contributed by atoms with Crippen LogP contribution in [0.15, 0.2) is 65.2 Å². The molecule has 6 nitrogen and oxygen atoms in total. The maximum absolute atomic E-state index is 11.9. The fraction of sp³-hybridized carbons (Fsp3) is 0.0526. The molecule has 1 N–H and O–H groups in total. The van der Waals surface area contributed by atoms with Crippen molar-refractivity contribution in [2.75, 3.05) is 0 Å². The van der Waals surface area contributed by atoms with Gasteiger partial charge in [-0.3, -0.25) is 9.78 Å². The number of ether oxygens (including phenoxy) is 1. The molecule has 0 bridgehead atoms. The molecule has 3 rings (SSSR count). The number of nitrogens with one attached hydrogen (secondary N) is 1. The van der Waals surface area contributed by atoms with Crippen molar-refractivity contribution >= 4 is 29.4 Å². The van der Waals surface area contributed by atoms with Crippen molar-refractivity contribution in [2.45, 2.75) is 6.92 Å². The van der Waals surface area contributed by atoms with Crippen molar-refractivity contribution in [3.8, 4) is 5.75 Å². The number of esters is 1. The van der Waals surface area contributed by atoms with Gasteiger partial charge >= 0.3 is 5.97 Å². The Morgan fingerprint density at radius 1 is 1.15 bits per heavy atom. The van der Waals surface area contributed by atoms with E-state index in [1.807, 2.05) is 12.3 Å². The first-order valence-electron chi connectivity index (χ1n) is 7.73. The molecule has 0 aliphatic rings. The van der Waals surface area contributed by atoms with Gasteiger partial charge in [0.2, 0.25) is 0 Å². The van der Waals surface area contributed by atoms with E-state index >= 15 is 0 Å². The van der Waals surface area contributed by atoms with Gasteiger partial charge in [-0.05, 0) is 60.3 Å². The van der Waals surface area contributed by atoms with Crippen LogP contribution in [-0.2, 0) is 0 Å². The first-order chi connectivity index (χ1) is 12.6. The van der Waals surface area contributed by atoms with Crippen molar-refractivity contribution in [1.29, 1.82) is 0 Å². The molecule has 0 aliphatic heterocycles. The monoisotopic (exact) mass is 365 g/mol. The second-order valence-corrected chi connectivity index (χ2v) is 6.27. The number of amides is 1. The fourth-order valence-corrected chi connectivity index (χ4v) is 2.60. The van der Waals surface area contributed by atoms with Gasteiger partial charge in [-0.15, -0.1) is 11.3 Å². The molecule has 0 atom stereocenters. The van der Waals surface area contributed by atoms with Gasteiger partial charge in [-0.2, -0.15) is 5.10 Å². The Morgan fingerprint density at radius 3 is 2.62 bits per heavy atom. The highest BCUT2D eigenvalue weighted by atomic mass is 32.1. The first kappa shape index (κ1) is 17.5. The van der Waals surface area contributed by atoms with Crippen LogP contribution in [0.5, 0.6) is 5.75 Å². The number of benzene rings is 1. The Labute approximate surface area is 154 Å². The van der Waals surface area contributed by atoms with Crippen LogP contribution in [0.25, 0.3) is 0 Å². The van der Waals surface area contributed by atoms with Crippen LogP contribution in [0, 0.1) is 6.92 Å². The molecule has 2 heterocycles. The van der Waals surface area contributed by atoms with E-state index in [1.165, 1.54) is 23.7 Å². The van der Waals surface area contributed by atoms with Crippen LogP contribution in [0.4, 0.5) is 0 Å². The maximum Gasteiger partial charge on any atom is 0.353 e. The van der Waals surface area contributed by atoms with E-state index in [-0.39, 0.29) is 11.9 Å². The van der Waals surface area contributed by atoms with Crippen LogP contribution in [0.1, 0.15) is 31.3 Å². The van der Waals surface area contributed by atoms with E-state index in [2.05, 4.69) is 15.5 Å². The smallest absolute Gasteiger partial charge is 0.353 e. The molecule has 3 aromatic rings. The molecule has 1 amide bonds. The number of carbonyl (C=O) groups excluding carboxylic acids is 2. The molecule has 7 heteroatoms. The summed E-state index contributed by atoms with van der Waals surface area (Å²) >= 11 is 1.33. The van der Waals surface area contributed by atoms with Crippen LogP contribution in [-0.4, -0.2) is 23.1 Å². The van der Waals surface area contributed by atoms with E-state index in [0.717, 1.165) is 11.3 Å². The van der Waals surface area contributed by atoms with Gasteiger partial charge in [0.05, 0.1) is 11.8 Å². The predicted octanol–water partition coefficient (Wildman–Crippen LogP) is 3.43. The van der Waals surface area contributed by atoms with Crippen molar-refractivity contribution in [2.24, 2.45) is 5.10 Å². The second-order valence-electron chi connectivity index (χ2n) is 5.32. The predicted molar refractivity (Wildman–Crippen MR) is 99.8 cm³/mol. The summed E-state index contributed by atoms with van der Waals surface area (Å²) < 4.78 is 5.27. The SMILES string of the molecule is Cc1ccc(C(=O)NN=Cc2ccc(OC(=O)c3cccs3)cc2)cn1. The summed E-state index contributed by atoms with van der Waals surface area (Å²) in [6.07, 6.45) is 3.00. The maximum atomic E-state index is 11.9. The third kappa shape index (κ3) is 4.61. The number of aromatic nitrogens is 1. The Morgan fingerprint density at radius 2 is 1.96 bits per heavy atom. The van der Waals surface area contributed by atoms with Gasteiger partial charge in [0.15, 0.2) is 0 Å². The first-order valence-corrected chi connectivity index (χ1v) is 8.61. The van der Waals surface area contributed by atoms with E-state index < -0.39 is 0 Å². The van der Waals surface area contributed by atoms with Gasteiger partial charge in [-0.1, -0.05) is 6.07 Å². The molecule has 0 fully saturated rings. The number of aryl methyl sites for hydroxylation is 1. The average Bonchev–Trinajstić information content (AvgIpc) is 3.18. The molecule has 0 radical (unpaired) electrons. The third-order valence-electron chi connectivity index (χ3n) is 3.37. The highest BCUT2D eigenvalue weighted by molar-refractivity contribution is 7.12. The highest BCUT2D eigenvalue weighted by Crippen LogP contribution is 2.16. The van der Waals surface area contributed by atoms with Gasteiger partial charge in [-0.25, -0.2) is 10.2 Å². The number of hydrogen-bond donors (Lipinski definition) is 1. The molecule has 0 saturated heterocycles. The summed E-state index contributed by atoms with van der Waals surface area (Å²) in [7, 11) is 0. The molecule has 0 unspecified atom stereocenters. The Hall–Kier alpha value is -3.32. The van der Waals surface area contributed by atoms with Crippen molar-refractivity contribution in [3.05, 3.63) is 81.8 Å². The lowest BCUT2D eigenvalue weighted by molar-refractivity contribution is 0.0739. The minimum absolute atomic E-state index is 0.338. The quantitative estimate of drug-likeness (QED) is 0.325. The van der Waals surface area contributed by atoms with Crippen LogP contribution >= 0.6 is 11.3 Å². The lowest BCUT2D eigenvalue weighted by Crippen LogP contribution is -2.17. The summed E-state index contributed by atoms with van der Waals surface area (Å²) in [5, 5.41) is 5.73. The molecule has 26 heavy (non-hydrogen) atoms. The van der Waals surface area contributed by atoms with E-state index in [1.54, 1.807) is 48.5 Å². The van der Waals surface area contributed by atoms with Crippen molar-refractivity contribution in [1.82, 2.24) is 10.4 Å². The number of nitrogens with zero attached hydrogens (tertiary/aromatic N) is 2. The number of hydrogen-bond acceptors (Lipinski definition) is 6. The van der Waals surface area contributed by atoms with Gasteiger partial charge in [0, 0.05) is 11.9 Å². The molecule has 130 valence electrons. The fourth-order valence-electron chi connectivity index (χ4n) is 2.01. The normalized spacial score (nSPS) is 10.7. The van der Waals surface area contributed by atoms with Gasteiger partial charge in [0.25, 0.3) is 5.91 Å². The number of hydrazone groups is 1. The van der Waals surface area contributed by atoms with E-state index in [9.17, 15) is 9.59 Å². The van der Waals surface area contributed by atoms with Crippen LogP contribution in [0.3, 0.4) is 0 Å². The Balaban J connectivity index is 1.55. The summed E-state index contributed by atoms with van der Waals surface area (Å²) in [6.45, 7) is 1.85. The topological polar surface area (TPSA) is 80.6 Å². The molecule has 1 aromatic carbocycles. The zero-order valence-corrected chi connectivity index (χ0v) is 14.7. The summed E-state index contributed by atoms with van der Waals surface area (Å²) in [6, 6.07) is 13.7. The lowest BCUT2D eigenvalue weighted by Gasteiger charge is -2.03. The Bertz CT molecular complexity index is 918. The van der Waals surface area contributed by atoms with Crippen molar-refractivity contribution < 1.29 is 14.3 Å². The molecular weight excluding hydrogens is 350 g/mol. The largest absolute Gasteiger partial charge is 0.422 e. The number of pyridine rings is 1. The summed E-state index contributed by atoms with van der Waals surface area (Å²) in [4.78, 5) is 28.4. The van der Waals surface area contributed by atoms with Crippen molar-refractivity contribution in [3.63, 3.8) is 0 Å². The molecule has 0 aliphatic carbocycles. The summed E-state index contributed by atoms with van der Waals surface area (Å²) in [5.41, 5.74) is 4.46.